The summed E-state index contributed by atoms with van der Waals surface area (Å²) < 4.78 is 16.1. The highest BCUT2D eigenvalue weighted by Gasteiger charge is 2.22. The minimum Gasteiger partial charge on any atom is -0.485 e. The first-order valence-electron chi connectivity index (χ1n) is 8.71. The number of benzene rings is 2. The highest BCUT2D eigenvalue weighted by Crippen LogP contribution is 2.38. The van der Waals surface area contributed by atoms with Crippen molar-refractivity contribution in [1.29, 1.82) is 0 Å². The van der Waals surface area contributed by atoms with Gasteiger partial charge in [0.2, 0.25) is 6.79 Å². The average molecular weight is 379 g/mol. The summed E-state index contributed by atoms with van der Waals surface area (Å²) in [5.41, 5.74) is 2.41. The number of hydrogen-bond donors (Lipinski definition) is 1. The van der Waals surface area contributed by atoms with Gasteiger partial charge < -0.3 is 19.3 Å². The predicted molar refractivity (Wildman–Crippen MR) is 100.0 cm³/mol. The van der Waals surface area contributed by atoms with Crippen LogP contribution >= 0.6 is 0 Å². The molecule has 0 bridgehead atoms. The van der Waals surface area contributed by atoms with Crippen LogP contribution in [-0.4, -0.2) is 35.7 Å². The van der Waals surface area contributed by atoms with E-state index in [1.165, 1.54) is 0 Å². The van der Waals surface area contributed by atoms with Gasteiger partial charge in [0.05, 0.1) is 18.1 Å². The van der Waals surface area contributed by atoms with E-state index >= 15 is 0 Å². The molecule has 4 rings (SSSR count). The van der Waals surface area contributed by atoms with Crippen LogP contribution in [0, 0.1) is 0 Å². The SMILES string of the molecule is O=CCOc1cnc2ccc(C(CC(=O)O)c3ccc4c(c3)OCO4)cc2c1. The Morgan fingerprint density at radius 2 is 1.93 bits per heavy atom. The van der Waals surface area contributed by atoms with E-state index in [2.05, 4.69) is 4.98 Å². The Kier molecular flexibility index (Phi) is 4.80. The van der Waals surface area contributed by atoms with E-state index in [0.29, 0.717) is 23.5 Å². The molecule has 1 unspecified atom stereocenters. The molecular formula is C21H17NO6. The Bertz CT molecular complexity index is 1050. The molecular weight excluding hydrogens is 362 g/mol. The molecule has 0 fully saturated rings. The lowest BCUT2D eigenvalue weighted by Crippen LogP contribution is -2.08. The van der Waals surface area contributed by atoms with Gasteiger partial charge in [0.1, 0.15) is 12.4 Å². The minimum absolute atomic E-state index is 0.0499. The fraction of sp³-hybridized carbons (Fsp3) is 0.190. The molecule has 0 amide bonds. The number of rotatable bonds is 7. The third-order valence-electron chi connectivity index (χ3n) is 4.58. The molecule has 0 aliphatic carbocycles. The third-order valence-corrected chi connectivity index (χ3v) is 4.58. The minimum atomic E-state index is -0.899. The van der Waals surface area contributed by atoms with Gasteiger partial charge >= 0.3 is 5.97 Å². The van der Waals surface area contributed by atoms with Crippen molar-refractivity contribution in [2.24, 2.45) is 0 Å². The van der Waals surface area contributed by atoms with Crippen LogP contribution in [0.25, 0.3) is 10.9 Å². The van der Waals surface area contributed by atoms with Gasteiger partial charge in [-0.05, 0) is 41.5 Å². The highest BCUT2D eigenvalue weighted by atomic mass is 16.7. The molecule has 2 heterocycles. The molecule has 142 valence electrons. The van der Waals surface area contributed by atoms with Gasteiger partial charge in [0.25, 0.3) is 0 Å². The third kappa shape index (κ3) is 3.59. The zero-order chi connectivity index (χ0) is 19.5. The molecule has 1 atom stereocenters. The van der Waals surface area contributed by atoms with Crippen molar-refractivity contribution in [1.82, 2.24) is 4.98 Å². The number of carboxylic acid groups (broad SMARTS) is 1. The number of fused-ring (bicyclic) bond motifs is 2. The van der Waals surface area contributed by atoms with E-state index in [1.54, 1.807) is 18.3 Å². The van der Waals surface area contributed by atoms with Crippen LogP contribution in [0.4, 0.5) is 0 Å². The fourth-order valence-electron chi connectivity index (χ4n) is 3.29. The van der Waals surface area contributed by atoms with Gasteiger partial charge in [0.15, 0.2) is 17.8 Å². The number of carboxylic acids is 1. The summed E-state index contributed by atoms with van der Waals surface area (Å²) in [5.74, 6) is 0.479. The summed E-state index contributed by atoms with van der Waals surface area (Å²) in [5, 5.41) is 10.2. The van der Waals surface area contributed by atoms with Crippen LogP contribution in [0.5, 0.6) is 17.2 Å². The summed E-state index contributed by atoms with van der Waals surface area (Å²) in [7, 11) is 0. The number of aliphatic carboxylic acids is 1. The lowest BCUT2D eigenvalue weighted by atomic mass is 9.87. The maximum absolute atomic E-state index is 11.5. The van der Waals surface area contributed by atoms with Gasteiger partial charge in [-0.1, -0.05) is 12.1 Å². The van der Waals surface area contributed by atoms with Crippen LogP contribution in [0.3, 0.4) is 0 Å². The van der Waals surface area contributed by atoms with Crippen molar-refractivity contribution in [3.05, 3.63) is 59.8 Å². The Morgan fingerprint density at radius 1 is 1.14 bits per heavy atom. The molecule has 0 saturated carbocycles. The second-order valence-electron chi connectivity index (χ2n) is 6.36. The normalized spacial score (nSPS) is 13.3. The topological polar surface area (TPSA) is 95.0 Å². The number of ether oxygens (including phenoxy) is 3. The Labute approximate surface area is 160 Å². The van der Waals surface area contributed by atoms with Crippen molar-refractivity contribution in [3.8, 4) is 17.2 Å². The number of aromatic nitrogens is 1. The molecule has 1 aliphatic heterocycles. The number of carbonyl (C=O) groups excluding carboxylic acids is 1. The molecule has 2 aromatic carbocycles. The summed E-state index contributed by atoms with van der Waals surface area (Å²) in [6.07, 6.45) is 2.15. The largest absolute Gasteiger partial charge is 0.485 e. The van der Waals surface area contributed by atoms with Crippen molar-refractivity contribution < 1.29 is 28.9 Å². The van der Waals surface area contributed by atoms with Gasteiger partial charge in [-0.2, -0.15) is 0 Å². The number of hydrogen-bond acceptors (Lipinski definition) is 6. The first kappa shape index (κ1) is 17.8. The highest BCUT2D eigenvalue weighted by molar-refractivity contribution is 5.81. The van der Waals surface area contributed by atoms with E-state index in [-0.39, 0.29) is 25.7 Å². The molecule has 0 saturated heterocycles. The summed E-state index contributed by atoms with van der Waals surface area (Å²) in [6.45, 7) is 0.110. The maximum atomic E-state index is 11.5. The maximum Gasteiger partial charge on any atom is 0.304 e. The molecule has 7 nitrogen and oxygen atoms in total. The summed E-state index contributed by atoms with van der Waals surface area (Å²) >= 11 is 0. The van der Waals surface area contributed by atoms with E-state index in [1.807, 2.05) is 30.3 Å². The Morgan fingerprint density at radius 3 is 2.75 bits per heavy atom. The molecule has 1 aromatic heterocycles. The summed E-state index contributed by atoms with van der Waals surface area (Å²) in [4.78, 5) is 26.3. The second-order valence-corrected chi connectivity index (χ2v) is 6.36. The van der Waals surface area contributed by atoms with Crippen molar-refractivity contribution in [3.63, 3.8) is 0 Å². The van der Waals surface area contributed by atoms with Crippen LogP contribution in [-0.2, 0) is 9.59 Å². The molecule has 1 aliphatic rings. The lowest BCUT2D eigenvalue weighted by molar-refractivity contribution is -0.137. The fourth-order valence-corrected chi connectivity index (χ4v) is 3.29. The summed E-state index contributed by atoms with van der Waals surface area (Å²) in [6, 6.07) is 12.9. The molecule has 1 N–H and O–H groups in total. The lowest BCUT2D eigenvalue weighted by Gasteiger charge is -2.17. The second kappa shape index (κ2) is 7.56. The monoisotopic (exact) mass is 379 g/mol. The average Bonchev–Trinajstić information content (AvgIpc) is 3.17. The number of aldehydes is 1. The molecule has 0 spiro atoms. The van der Waals surface area contributed by atoms with E-state index < -0.39 is 5.97 Å². The van der Waals surface area contributed by atoms with Crippen molar-refractivity contribution in [2.75, 3.05) is 13.4 Å². The van der Waals surface area contributed by atoms with Crippen LogP contribution < -0.4 is 14.2 Å². The molecule has 0 radical (unpaired) electrons. The number of nitrogens with zero attached hydrogens (tertiary/aromatic N) is 1. The number of pyridine rings is 1. The molecule has 3 aromatic rings. The van der Waals surface area contributed by atoms with E-state index in [0.717, 1.165) is 22.0 Å². The first-order chi connectivity index (χ1) is 13.6. The van der Waals surface area contributed by atoms with E-state index in [4.69, 9.17) is 14.2 Å². The van der Waals surface area contributed by atoms with Crippen molar-refractivity contribution >= 4 is 23.2 Å². The van der Waals surface area contributed by atoms with E-state index in [9.17, 15) is 14.7 Å². The van der Waals surface area contributed by atoms with Crippen LogP contribution in [0.15, 0.2) is 48.7 Å². The zero-order valence-corrected chi connectivity index (χ0v) is 14.8. The van der Waals surface area contributed by atoms with Gasteiger partial charge in [-0.25, -0.2) is 0 Å². The quantitative estimate of drug-likeness (QED) is 0.630. The zero-order valence-electron chi connectivity index (χ0n) is 14.8. The molecule has 7 heteroatoms. The van der Waals surface area contributed by atoms with Crippen LogP contribution in [0.2, 0.25) is 0 Å². The first-order valence-corrected chi connectivity index (χ1v) is 8.71. The van der Waals surface area contributed by atoms with Gasteiger partial charge in [-0.3, -0.25) is 14.6 Å². The standard InChI is InChI=1S/C21H17NO6/c23-5-6-26-16-8-15-7-13(1-3-18(15)22-11-16)17(10-21(24)25)14-2-4-19-20(9-14)28-12-27-19/h1-5,7-9,11,17H,6,10,12H2,(H,24,25). The van der Waals surface area contributed by atoms with Gasteiger partial charge in [-0.15, -0.1) is 0 Å². The van der Waals surface area contributed by atoms with Crippen LogP contribution in [0.1, 0.15) is 23.5 Å². The molecule has 28 heavy (non-hydrogen) atoms. The van der Waals surface area contributed by atoms with Gasteiger partial charge in [0, 0.05) is 11.3 Å². The smallest absolute Gasteiger partial charge is 0.304 e. The predicted octanol–water partition coefficient (Wildman–Crippen LogP) is 3.15. The Hall–Kier alpha value is -3.61. The number of carbonyl (C=O) groups is 2. The Balaban J connectivity index is 1.73. The van der Waals surface area contributed by atoms with Crippen molar-refractivity contribution in [2.45, 2.75) is 12.3 Å².